The lowest BCUT2D eigenvalue weighted by Crippen LogP contribution is -2.52. The van der Waals surface area contributed by atoms with Gasteiger partial charge in [0.05, 0.1) is 18.6 Å². The second kappa shape index (κ2) is 8.15. The highest BCUT2D eigenvalue weighted by molar-refractivity contribution is 6.30. The highest BCUT2D eigenvalue weighted by atomic mass is 35.5. The number of carboxylic acids is 1. The van der Waals surface area contributed by atoms with E-state index < -0.39 is 11.5 Å². The SMILES string of the molecule is COCC(C)(CC(=O)O)NC(=O)C(C)Cc1cccc(Cl)c1. The standard InChI is InChI=1S/C16H22ClNO4/c1-11(7-12-5-4-6-13(17)8-12)15(21)18-16(2,10-22-3)9-14(19)20/h4-6,8,11H,7,9-10H2,1-3H3,(H,18,21)(H,19,20). The van der Waals surface area contributed by atoms with Gasteiger partial charge in [0.1, 0.15) is 0 Å². The third-order valence-electron chi connectivity index (χ3n) is 3.31. The first kappa shape index (κ1) is 18.5. The van der Waals surface area contributed by atoms with Crippen LogP contribution in [0.3, 0.4) is 0 Å². The summed E-state index contributed by atoms with van der Waals surface area (Å²) in [5, 5.41) is 12.4. The van der Waals surface area contributed by atoms with Gasteiger partial charge in [-0.1, -0.05) is 30.7 Å². The van der Waals surface area contributed by atoms with Crippen LogP contribution in [0.5, 0.6) is 0 Å². The Balaban J connectivity index is 2.70. The van der Waals surface area contributed by atoms with Crippen LogP contribution < -0.4 is 5.32 Å². The Morgan fingerprint density at radius 2 is 2.14 bits per heavy atom. The van der Waals surface area contributed by atoms with Crippen LogP contribution in [-0.2, 0) is 20.7 Å². The fraction of sp³-hybridized carbons (Fsp3) is 0.500. The van der Waals surface area contributed by atoms with Gasteiger partial charge in [-0.05, 0) is 31.0 Å². The van der Waals surface area contributed by atoms with Crippen molar-refractivity contribution in [1.29, 1.82) is 0 Å². The summed E-state index contributed by atoms with van der Waals surface area (Å²) in [5.41, 5.74) is 0.0297. The number of methoxy groups -OCH3 is 1. The van der Waals surface area contributed by atoms with Crippen LogP contribution in [0, 0.1) is 5.92 Å². The van der Waals surface area contributed by atoms with Gasteiger partial charge in [-0.15, -0.1) is 0 Å². The summed E-state index contributed by atoms with van der Waals surface area (Å²) in [6.07, 6.45) is 0.332. The number of nitrogens with one attached hydrogen (secondary N) is 1. The van der Waals surface area contributed by atoms with Crippen molar-refractivity contribution < 1.29 is 19.4 Å². The van der Waals surface area contributed by atoms with Crippen molar-refractivity contribution >= 4 is 23.5 Å². The van der Waals surface area contributed by atoms with Gasteiger partial charge in [0.15, 0.2) is 0 Å². The molecule has 1 aromatic rings. The predicted molar refractivity (Wildman–Crippen MR) is 85.0 cm³/mol. The Bertz CT molecular complexity index is 535. The van der Waals surface area contributed by atoms with Crippen LogP contribution in [0.25, 0.3) is 0 Å². The van der Waals surface area contributed by atoms with Crippen LogP contribution in [0.2, 0.25) is 5.02 Å². The molecule has 1 aromatic carbocycles. The van der Waals surface area contributed by atoms with Crippen molar-refractivity contribution in [2.75, 3.05) is 13.7 Å². The molecule has 0 spiro atoms. The molecule has 22 heavy (non-hydrogen) atoms. The molecule has 1 amide bonds. The van der Waals surface area contributed by atoms with Gasteiger partial charge in [0.2, 0.25) is 5.91 Å². The van der Waals surface area contributed by atoms with E-state index in [-0.39, 0.29) is 24.9 Å². The molecule has 6 heteroatoms. The Kier molecular flexibility index (Phi) is 6.84. The molecule has 0 aliphatic carbocycles. The summed E-state index contributed by atoms with van der Waals surface area (Å²) in [7, 11) is 1.47. The minimum Gasteiger partial charge on any atom is -0.481 e. The molecular weight excluding hydrogens is 306 g/mol. The lowest BCUT2D eigenvalue weighted by molar-refractivity contribution is -0.140. The number of carbonyl (C=O) groups excluding carboxylic acids is 1. The van der Waals surface area contributed by atoms with Crippen LogP contribution in [0.4, 0.5) is 0 Å². The molecule has 2 N–H and O–H groups in total. The molecular formula is C16H22ClNO4. The van der Waals surface area contributed by atoms with E-state index in [1.807, 2.05) is 18.2 Å². The highest BCUT2D eigenvalue weighted by Gasteiger charge is 2.31. The van der Waals surface area contributed by atoms with Gasteiger partial charge in [-0.25, -0.2) is 0 Å². The van der Waals surface area contributed by atoms with E-state index in [9.17, 15) is 9.59 Å². The second-order valence-electron chi connectivity index (χ2n) is 5.79. The van der Waals surface area contributed by atoms with Crippen molar-refractivity contribution in [3.8, 4) is 0 Å². The topological polar surface area (TPSA) is 75.6 Å². The Morgan fingerprint density at radius 3 is 2.68 bits per heavy atom. The Morgan fingerprint density at radius 1 is 1.45 bits per heavy atom. The van der Waals surface area contributed by atoms with Crippen molar-refractivity contribution in [2.24, 2.45) is 5.92 Å². The average molecular weight is 328 g/mol. The van der Waals surface area contributed by atoms with Crippen molar-refractivity contribution in [1.82, 2.24) is 5.32 Å². The van der Waals surface area contributed by atoms with Gasteiger partial charge in [0, 0.05) is 18.1 Å². The van der Waals surface area contributed by atoms with Crippen LogP contribution >= 0.6 is 11.6 Å². The number of aliphatic carboxylic acids is 1. The molecule has 2 unspecified atom stereocenters. The van der Waals surface area contributed by atoms with Crippen LogP contribution in [0.1, 0.15) is 25.8 Å². The van der Waals surface area contributed by atoms with Crippen molar-refractivity contribution in [2.45, 2.75) is 32.2 Å². The van der Waals surface area contributed by atoms with E-state index >= 15 is 0 Å². The minimum atomic E-state index is -0.984. The molecule has 2 atom stereocenters. The smallest absolute Gasteiger partial charge is 0.305 e. The molecule has 0 saturated heterocycles. The summed E-state index contributed by atoms with van der Waals surface area (Å²) >= 11 is 5.93. The Labute approximate surface area is 135 Å². The second-order valence-corrected chi connectivity index (χ2v) is 6.22. The lowest BCUT2D eigenvalue weighted by atomic mass is 9.95. The third-order valence-corrected chi connectivity index (χ3v) is 3.54. The average Bonchev–Trinajstić information content (AvgIpc) is 2.37. The molecule has 0 aromatic heterocycles. The lowest BCUT2D eigenvalue weighted by Gasteiger charge is -2.30. The summed E-state index contributed by atoms with van der Waals surface area (Å²) in [6.45, 7) is 3.59. The quantitative estimate of drug-likeness (QED) is 0.769. The number of amides is 1. The first-order valence-electron chi connectivity index (χ1n) is 7.03. The van der Waals surface area contributed by atoms with Gasteiger partial charge < -0.3 is 15.2 Å². The largest absolute Gasteiger partial charge is 0.481 e. The molecule has 0 fully saturated rings. The minimum absolute atomic E-state index is 0.134. The number of carboxylic acid groups (broad SMARTS) is 1. The van der Waals surface area contributed by atoms with E-state index in [4.69, 9.17) is 21.4 Å². The van der Waals surface area contributed by atoms with E-state index in [1.165, 1.54) is 7.11 Å². The zero-order chi connectivity index (χ0) is 16.8. The molecule has 0 bridgehead atoms. The molecule has 1 rings (SSSR count). The highest BCUT2D eigenvalue weighted by Crippen LogP contribution is 2.16. The number of benzene rings is 1. The van der Waals surface area contributed by atoms with Crippen LogP contribution in [-0.4, -0.2) is 36.2 Å². The van der Waals surface area contributed by atoms with E-state index in [2.05, 4.69) is 5.32 Å². The Hall–Kier alpha value is -1.59. The first-order chi connectivity index (χ1) is 10.3. The zero-order valence-corrected chi connectivity index (χ0v) is 13.8. The molecule has 0 aliphatic rings. The van der Waals surface area contributed by atoms with E-state index in [0.717, 1.165) is 5.56 Å². The maximum absolute atomic E-state index is 12.3. The van der Waals surface area contributed by atoms with Gasteiger partial charge in [0.25, 0.3) is 0 Å². The number of rotatable bonds is 8. The van der Waals surface area contributed by atoms with Gasteiger partial charge >= 0.3 is 5.97 Å². The van der Waals surface area contributed by atoms with Crippen molar-refractivity contribution in [3.05, 3.63) is 34.9 Å². The maximum atomic E-state index is 12.3. The zero-order valence-electron chi connectivity index (χ0n) is 13.1. The predicted octanol–water partition coefficient (Wildman–Crippen LogP) is 2.51. The number of carbonyl (C=O) groups is 2. The molecule has 0 saturated carbocycles. The summed E-state index contributed by atoms with van der Waals surface area (Å²) in [6, 6.07) is 7.33. The normalized spacial score (nSPS) is 14.9. The molecule has 122 valence electrons. The monoisotopic (exact) mass is 327 g/mol. The summed E-state index contributed by atoms with van der Waals surface area (Å²) in [5.74, 6) is -1.49. The van der Waals surface area contributed by atoms with Crippen LogP contribution in [0.15, 0.2) is 24.3 Å². The molecule has 0 heterocycles. The fourth-order valence-electron chi connectivity index (χ4n) is 2.31. The fourth-order valence-corrected chi connectivity index (χ4v) is 2.53. The molecule has 0 aliphatic heterocycles. The van der Waals surface area contributed by atoms with E-state index in [0.29, 0.717) is 11.4 Å². The summed E-state index contributed by atoms with van der Waals surface area (Å²) in [4.78, 5) is 23.3. The number of ether oxygens (including phenoxy) is 1. The van der Waals surface area contributed by atoms with E-state index in [1.54, 1.807) is 19.9 Å². The number of halogens is 1. The number of hydrogen-bond acceptors (Lipinski definition) is 3. The summed E-state index contributed by atoms with van der Waals surface area (Å²) < 4.78 is 5.03. The van der Waals surface area contributed by atoms with Gasteiger partial charge in [-0.3, -0.25) is 9.59 Å². The first-order valence-corrected chi connectivity index (χ1v) is 7.41. The third kappa shape index (κ3) is 6.03. The van der Waals surface area contributed by atoms with Crippen molar-refractivity contribution in [3.63, 3.8) is 0 Å². The molecule has 0 radical (unpaired) electrons. The molecule has 5 nitrogen and oxygen atoms in total. The van der Waals surface area contributed by atoms with Gasteiger partial charge in [-0.2, -0.15) is 0 Å². The number of hydrogen-bond donors (Lipinski definition) is 2. The maximum Gasteiger partial charge on any atom is 0.305 e.